The summed E-state index contributed by atoms with van der Waals surface area (Å²) in [4.78, 5) is 9.03. The van der Waals surface area contributed by atoms with Crippen molar-refractivity contribution in [3.8, 4) is 5.69 Å². The van der Waals surface area contributed by atoms with Crippen LogP contribution >= 0.6 is 0 Å². The number of methoxy groups -OCH3 is 1. The average Bonchev–Trinajstić information content (AvgIpc) is 3.44. The van der Waals surface area contributed by atoms with Crippen molar-refractivity contribution in [3.05, 3.63) is 42.2 Å². The van der Waals surface area contributed by atoms with Gasteiger partial charge in [0.2, 0.25) is 5.95 Å². The van der Waals surface area contributed by atoms with Crippen LogP contribution in [0.4, 0.5) is 5.95 Å². The maximum atomic E-state index is 7.68. The Hall–Kier alpha value is -3.33. The number of allylic oxidation sites excluding steroid dienone is 1. The Morgan fingerprint density at radius 2 is 2.07 bits per heavy atom. The summed E-state index contributed by atoms with van der Waals surface area (Å²) in [5, 5.41) is 22.7. The van der Waals surface area contributed by atoms with Gasteiger partial charge in [-0.3, -0.25) is 0 Å². The molecule has 30 heavy (non-hydrogen) atoms. The van der Waals surface area contributed by atoms with E-state index in [1.165, 1.54) is 19.1 Å². The van der Waals surface area contributed by atoms with E-state index in [2.05, 4.69) is 30.9 Å². The average molecular weight is 406 g/mol. The fraction of sp³-hybridized carbons (Fsp3) is 0.381. The molecule has 1 aromatic carbocycles. The Labute approximate surface area is 175 Å². The number of hydrogen-bond donors (Lipinski definition) is 3. The summed E-state index contributed by atoms with van der Waals surface area (Å²) < 4.78 is 6.73. The van der Waals surface area contributed by atoms with E-state index in [-0.39, 0.29) is 0 Å². The van der Waals surface area contributed by atoms with Crippen molar-refractivity contribution in [1.82, 2.24) is 30.3 Å². The zero-order valence-electron chi connectivity index (χ0n) is 17.0. The van der Waals surface area contributed by atoms with Crippen molar-refractivity contribution in [1.29, 1.82) is 5.41 Å². The quantitative estimate of drug-likeness (QED) is 0.370. The normalized spacial score (nSPS) is 14.9. The maximum Gasteiger partial charge on any atom is 0.225 e. The van der Waals surface area contributed by atoms with Gasteiger partial charge in [0.25, 0.3) is 0 Å². The van der Waals surface area contributed by atoms with E-state index in [0.29, 0.717) is 36.3 Å². The topological polar surface area (TPSA) is 114 Å². The molecule has 0 saturated heterocycles. The van der Waals surface area contributed by atoms with E-state index in [4.69, 9.17) is 10.1 Å². The third-order valence-electron chi connectivity index (χ3n) is 5.19. The first kappa shape index (κ1) is 20.0. The zero-order chi connectivity index (χ0) is 20.8. The minimum Gasteiger partial charge on any atom is -0.388 e. The molecule has 9 heteroatoms. The van der Waals surface area contributed by atoms with Gasteiger partial charge in [-0.15, -0.1) is 5.10 Å². The number of nitrogens with zero attached hydrogens (tertiary/aromatic N) is 5. The van der Waals surface area contributed by atoms with Crippen molar-refractivity contribution in [3.63, 3.8) is 0 Å². The number of fused-ring (bicyclic) bond motifs is 1. The van der Waals surface area contributed by atoms with Gasteiger partial charge in [-0.25, -0.2) is 4.98 Å². The molecule has 1 aliphatic rings. The lowest BCUT2D eigenvalue weighted by atomic mass is 10.1. The number of benzene rings is 1. The summed E-state index contributed by atoms with van der Waals surface area (Å²) in [5.41, 5.74) is 3.89. The van der Waals surface area contributed by atoms with Crippen LogP contribution in [0.25, 0.3) is 22.4 Å². The molecule has 0 amide bonds. The first-order valence-corrected chi connectivity index (χ1v) is 10.2. The molecule has 3 N–H and O–H groups in total. The summed E-state index contributed by atoms with van der Waals surface area (Å²) >= 11 is 0. The van der Waals surface area contributed by atoms with Crippen molar-refractivity contribution < 1.29 is 4.74 Å². The second-order valence-electron chi connectivity index (χ2n) is 7.27. The summed E-state index contributed by atoms with van der Waals surface area (Å²) in [6, 6.07) is 8.24. The van der Waals surface area contributed by atoms with Gasteiger partial charge in [-0.2, -0.15) is 9.67 Å². The highest BCUT2D eigenvalue weighted by Crippen LogP contribution is 2.22. The Bertz CT molecular complexity index is 1020. The highest BCUT2D eigenvalue weighted by Gasteiger charge is 2.17. The van der Waals surface area contributed by atoms with Crippen LogP contribution in [-0.4, -0.2) is 57.5 Å². The van der Waals surface area contributed by atoms with E-state index >= 15 is 0 Å². The fourth-order valence-electron chi connectivity index (χ4n) is 3.57. The van der Waals surface area contributed by atoms with Crippen LogP contribution in [0.2, 0.25) is 0 Å². The standard InChI is InChI=1S/C21H26N8O/c1-30-11-10-23-13-16(12-22)15-6-8-18(9-7-15)29-20-19(27-28-29)14-24-21(26-20)25-17-4-2-3-5-17/h6-9,12-14,17,22-23H,2-5,10-11H2,1H3,(H,24,25,26)/b16-13+,22-12?. The smallest absolute Gasteiger partial charge is 0.225 e. The molecule has 0 atom stereocenters. The van der Waals surface area contributed by atoms with Crippen LogP contribution in [0.5, 0.6) is 0 Å². The van der Waals surface area contributed by atoms with E-state index < -0.39 is 0 Å². The maximum absolute atomic E-state index is 7.68. The molecule has 0 bridgehead atoms. The van der Waals surface area contributed by atoms with Crippen molar-refractivity contribution in [2.75, 3.05) is 25.6 Å². The number of aromatic nitrogens is 5. The first-order chi connectivity index (χ1) is 14.8. The van der Waals surface area contributed by atoms with Crippen LogP contribution < -0.4 is 10.6 Å². The second-order valence-corrected chi connectivity index (χ2v) is 7.27. The van der Waals surface area contributed by atoms with Crippen LogP contribution in [0, 0.1) is 5.41 Å². The van der Waals surface area contributed by atoms with Crippen LogP contribution in [0.15, 0.2) is 36.7 Å². The minimum atomic E-state index is 0.440. The number of nitrogens with one attached hydrogen (secondary N) is 3. The first-order valence-electron chi connectivity index (χ1n) is 10.2. The molecular weight excluding hydrogens is 380 g/mol. The third-order valence-corrected chi connectivity index (χ3v) is 5.19. The highest BCUT2D eigenvalue weighted by atomic mass is 16.5. The molecule has 0 unspecified atom stereocenters. The molecule has 4 rings (SSSR count). The lowest BCUT2D eigenvalue weighted by Gasteiger charge is -2.11. The van der Waals surface area contributed by atoms with Crippen LogP contribution in [-0.2, 0) is 4.74 Å². The lowest BCUT2D eigenvalue weighted by Crippen LogP contribution is -2.16. The molecule has 2 aromatic heterocycles. The molecule has 1 aliphatic carbocycles. The Morgan fingerprint density at radius 1 is 1.27 bits per heavy atom. The summed E-state index contributed by atoms with van der Waals surface area (Å²) in [5.74, 6) is 0.616. The van der Waals surface area contributed by atoms with Crippen molar-refractivity contribution >= 4 is 28.9 Å². The monoisotopic (exact) mass is 406 g/mol. The predicted molar refractivity (Wildman–Crippen MR) is 117 cm³/mol. The number of anilines is 1. The molecule has 2 heterocycles. The van der Waals surface area contributed by atoms with Gasteiger partial charge in [0.1, 0.15) is 0 Å². The van der Waals surface area contributed by atoms with E-state index in [9.17, 15) is 0 Å². The molecule has 9 nitrogen and oxygen atoms in total. The number of rotatable bonds is 9. The van der Waals surface area contributed by atoms with Crippen LogP contribution in [0.3, 0.4) is 0 Å². The predicted octanol–water partition coefficient (Wildman–Crippen LogP) is 2.79. The summed E-state index contributed by atoms with van der Waals surface area (Å²) in [6.45, 7) is 1.30. The number of ether oxygens (including phenoxy) is 1. The van der Waals surface area contributed by atoms with Gasteiger partial charge in [0.05, 0.1) is 18.5 Å². The molecule has 0 aliphatic heterocycles. The SMILES string of the molecule is COCCN/C=C(\C=N)c1ccc(-n2nnc3cnc(NC4CCCC4)nc32)cc1. The highest BCUT2D eigenvalue weighted by molar-refractivity contribution is 6.08. The van der Waals surface area contributed by atoms with Crippen molar-refractivity contribution in [2.45, 2.75) is 31.7 Å². The summed E-state index contributed by atoms with van der Waals surface area (Å²) in [6.07, 6.45) is 9.67. The Morgan fingerprint density at radius 3 is 2.80 bits per heavy atom. The largest absolute Gasteiger partial charge is 0.388 e. The fourth-order valence-corrected chi connectivity index (χ4v) is 3.57. The third kappa shape index (κ3) is 4.46. The Kier molecular flexibility index (Phi) is 6.29. The van der Waals surface area contributed by atoms with E-state index in [1.807, 2.05) is 30.5 Å². The molecular formula is C21H26N8O. The molecule has 0 radical (unpaired) electrons. The zero-order valence-corrected chi connectivity index (χ0v) is 17.0. The van der Waals surface area contributed by atoms with Gasteiger partial charge >= 0.3 is 0 Å². The number of hydrogen-bond acceptors (Lipinski definition) is 8. The molecule has 156 valence electrons. The molecule has 3 aromatic rings. The lowest BCUT2D eigenvalue weighted by molar-refractivity contribution is 0.203. The van der Waals surface area contributed by atoms with Gasteiger partial charge < -0.3 is 20.8 Å². The van der Waals surface area contributed by atoms with Gasteiger partial charge in [-0.1, -0.05) is 30.2 Å². The minimum absolute atomic E-state index is 0.440. The van der Waals surface area contributed by atoms with Gasteiger partial charge in [0, 0.05) is 37.7 Å². The molecule has 0 spiro atoms. The Balaban J connectivity index is 1.55. The van der Waals surface area contributed by atoms with Gasteiger partial charge in [0.15, 0.2) is 11.2 Å². The van der Waals surface area contributed by atoms with Crippen molar-refractivity contribution in [2.24, 2.45) is 0 Å². The van der Waals surface area contributed by atoms with E-state index in [0.717, 1.165) is 29.7 Å². The van der Waals surface area contributed by atoms with Crippen LogP contribution in [0.1, 0.15) is 31.2 Å². The second kappa shape index (κ2) is 9.45. The molecule has 1 fully saturated rings. The van der Waals surface area contributed by atoms with E-state index in [1.54, 1.807) is 18.0 Å². The summed E-state index contributed by atoms with van der Waals surface area (Å²) in [7, 11) is 1.66. The molecule has 1 saturated carbocycles. The van der Waals surface area contributed by atoms with Gasteiger partial charge in [-0.05, 0) is 30.5 Å².